The molecule has 0 bridgehead atoms. The van der Waals surface area contributed by atoms with Gasteiger partial charge in [0.2, 0.25) is 0 Å². The van der Waals surface area contributed by atoms with Gasteiger partial charge in [-0.3, -0.25) is 0 Å². The molecule has 0 heterocycles. The minimum absolute atomic E-state index is 0.0778. The lowest BCUT2D eigenvalue weighted by Gasteiger charge is -2.22. The Morgan fingerprint density at radius 2 is 1.72 bits per heavy atom. The molecule has 136 valence electrons. The fourth-order valence-electron chi connectivity index (χ4n) is 2.30. The summed E-state index contributed by atoms with van der Waals surface area (Å²) in [5.41, 5.74) is 2.15. The fraction of sp³-hybridized carbons (Fsp3) is 0.333. The van der Waals surface area contributed by atoms with Gasteiger partial charge in [0, 0.05) is 25.2 Å². The van der Waals surface area contributed by atoms with Crippen LogP contribution in [-0.4, -0.2) is 43.1 Å². The van der Waals surface area contributed by atoms with Crippen molar-refractivity contribution in [2.24, 2.45) is 0 Å². The minimum atomic E-state index is 0.0778. The molecule has 0 unspecified atom stereocenters. The van der Waals surface area contributed by atoms with Crippen molar-refractivity contribution in [3.05, 3.63) is 73.0 Å². The number of hydrogen-bond acceptors (Lipinski definition) is 3. The zero-order valence-electron chi connectivity index (χ0n) is 14.9. The molecule has 4 nitrogen and oxygen atoms in total. The van der Waals surface area contributed by atoms with Crippen molar-refractivity contribution in [2.45, 2.75) is 12.8 Å². The van der Waals surface area contributed by atoms with Gasteiger partial charge in [0.25, 0.3) is 0 Å². The monoisotopic (exact) mass is 343 g/mol. The fourth-order valence-corrected chi connectivity index (χ4v) is 2.30. The smallest absolute Gasteiger partial charge is 0.0925 e. The van der Waals surface area contributed by atoms with Crippen molar-refractivity contribution in [2.75, 3.05) is 37.7 Å². The predicted octanol–water partition coefficient (Wildman–Crippen LogP) is 2.09. The highest BCUT2D eigenvalue weighted by Gasteiger charge is 2.04. The van der Waals surface area contributed by atoms with Crippen LogP contribution in [0.15, 0.2) is 67.4 Å². The largest absolute Gasteiger partial charge is 0.395 e. The van der Waals surface area contributed by atoms with E-state index in [1.165, 1.54) is 0 Å². The van der Waals surface area contributed by atoms with E-state index in [9.17, 15) is 0 Å². The number of aliphatic hydroxyl groups excluding tert-OH is 2. The number of nitrogens with zero attached hydrogens (tertiary/aromatic N) is 1. The average Bonchev–Trinajstić information content (AvgIpc) is 2.64. The number of hydrogen-bond donors (Lipinski definition) is 3. The zero-order valence-corrected chi connectivity index (χ0v) is 14.9. The Morgan fingerprint density at radius 3 is 2.36 bits per heavy atom. The molecule has 1 rings (SSSR count). The Balaban J connectivity index is 2.39. The van der Waals surface area contributed by atoms with Crippen LogP contribution in [0.1, 0.15) is 18.4 Å². The Labute approximate surface area is 151 Å². The molecule has 0 aliphatic rings. The summed E-state index contributed by atoms with van der Waals surface area (Å²) >= 11 is 0. The number of allylic oxidation sites excluding steroid dienone is 4. The Kier molecular flexibility index (Phi) is 11.9. The third-order valence-corrected chi connectivity index (χ3v) is 3.61. The summed E-state index contributed by atoms with van der Waals surface area (Å²) in [6.07, 6.45) is 16.3. The van der Waals surface area contributed by atoms with Crippen LogP contribution >= 0.6 is 0 Å². The topological polar surface area (TPSA) is 60.3 Å². The van der Waals surface area contributed by atoms with Gasteiger partial charge in [-0.2, -0.15) is 0 Å². The highest BCUT2D eigenvalue weighted by molar-refractivity contribution is 5.56. The summed E-state index contributed by atoms with van der Waals surface area (Å²) in [5.74, 6) is 0. The third kappa shape index (κ3) is 9.67. The van der Waals surface area contributed by atoms with E-state index in [2.05, 4.69) is 42.4 Å². The summed E-state index contributed by atoms with van der Waals surface area (Å²) in [6.45, 7) is 5.94. The third-order valence-electron chi connectivity index (χ3n) is 3.61. The molecule has 0 aliphatic carbocycles. The summed E-state index contributed by atoms with van der Waals surface area (Å²) in [6, 6.07) is 8.13. The molecule has 1 aromatic rings. The van der Waals surface area contributed by atoms with Crippen LogP contribution < -0.4 is 10.2 Å². The molecule has 0 fully saturated rings. The van der Waals surface area contributed by atoms with E-state index in [1.807, 2.05) is 41.3 Å². The maximum absolute atomic E-state index is 9.09. The van der Waals surface area contributed by atoms with Crippen molar-refractivity contribution in [1.82, 2.24) is 0 Å². The van der Waals surface area contributed by atoms with Crippen LogP contribution in [0.3, 0.4) is 0 Å². The van der Waals surface area contributed by atoms with Crippen LogP contribution in [0.5, 0.6) is 0 Å². The van der Waals surface area contributed by atoms with Crippen LogP contribution in [0, 0.1) is 0 Å². The second kappa shape index (κ2) is 14.2. The van der Waals surface area contributed by atoms with E-state index in [1.54, 1.807) is 0 Å². The summed E-state index contributed by atoms with van der Waals surface area (Å²) in [7, 11) is 0. The van der Waals surface area contributed by atoms with Gasteiger partial charge in [-0.1, -0.05) is 42.5 Å². The van der Waals surface area contributed by atoms with Crippen LogP contribution in [0.25, 0.3) is 6.08 Å². The lowest BCUT2D eigenvalue weighted by Crippen LogP contribution is -2.77. The normalized spacial score (nSPS) is 11.8. The minimum Gasteiger partial charge on any atom is -0.395 e. The van der Waals surface area contributed by atoms with Gasteiger partial charge in [-0.05, 0) is 30.2 Å². The van der Waals surface area contributed by atoms with E-state index in [0.717, 1.165) is 30.6 Å². The van der Waals surface area contributed by atoms with E-state index in [0.29, 0.717) is 13.1 Å². The quantitative estimate of drug-likeness (QED) is 0.292. The predicted molar refractivity (Wildman–Crippen MR) is 106 cm³/mol. The number of quaternary nitrogens is 1. The number of rotatable bonds is 13. The maximum Gasteiger partial charge on any atom is 0.0925 e. The van der Waals surface area contributed by atoms with Gasteiger partial charge in [-0.15, -0.1) is 6.58 Å². The van der Waals surface area contributed by atoms with Crippen molar-refractivity contribution in [1.29, 1.82) is 0 Å². The first kappa shape index (κ1) is 20.9. The number of anilines is 1. The molecule has 0 saturated heterocycles. The second-order valence-electron chi connectivity index (χ2n) is 5.58. The molecule has 1 aromatic carbocycles. The highest BCUT2D eigenvalue weighted by Crippen LogP contribution is 2.15. The van der Waals surface area contributed by atoms with Crippen molar-refractivity contribution in [3.63, 3.8) is 0 Å². The Morgan fingerprint density at radius 1 is 1.00 bits per heavy atom. The van der Waals surface area contributed by atoms with Gasteiger partial charge < -0.3 is 20.4 Å². The van der Waals surface area contributed by atoms with Gasteiger partial charge in [0.1, 0.15) is 0 Å². The van der Waals surface area contributed by atoms with Crippen LogP contribution in [-0.2, 0) is 0 Å². The van der Waals surface area contributed by atoms with Gasteiger partial charge >= 0.3 is 0 Å². The van der Waals surface area contributed by atoms with Crippen molar-refractivity contribution >= 4 is 11.8 Å². The summed E-state index contributed by atoms with van der Waals surface area (Å²) in [4.78, 5) is 1.97. The molecule has 0 spiro atoms. The highest BCUT2D eigenvalue weighted by atomic mass is 16.3. The van der Waals surface area contributed by atoms with Crippen molar-refractivity contribution < 1.29 is 15.5 Å². The molecular formula is C21H31N2O2+. The first-order chi connectivity index (χ1) is 12.3. The Bertz CT molecular complexity index is 542. The second-order valence-corrected chi connectivity index (χ2v) is 5.58. The lowest BCUT2D eigenvalue weighted by molar-refractivity contribution is -0.586. The summed E-state index contributed by atoms with van der Waals surface area (Å²) < 4.78 is 0. The average molecular weight is 343 g/mol. The lowest BCUT2D eigenvalue weighted by atomic mass is 10.1. The van der Waals surface area contributed by atoms with E-state index >= 15 is 0 Å². The number of aliphatic hydroxyl groups is 2. The molecule has 0 saturated carbocycles. The summed E-state index contributed by atoms with van der Waals surface area (Å²) in [5, 5.41) is 20.3. The van der Waals surface area contributed by atoms with Gasteiger partial charge in [-0.25, -0.2) is 0 Å². The molecule has 0 amide bonds. The van der Waals surface area contributed by atoms with E-state index in [-0.39, 0.29) is 13.2 Å². The van der Waals surface area contributed by atoms with Crippen LogP contribution in [0.4, 0.5) is 5.69 Å². The maximum atomic E-state index is 9.09. The number of nitrogens with two attached hydrogens (primary N) is 1. The van der Waals surface area contributed by atoms with Gasteiger partial charge in [0.05, 0.1) is 26.0 Å². The number of benzene rings is 1. The molecule has 25 heavy (non-hydrogen) atoms. The molecule has 0 atom stereocenters. The molecule has 4 N–H and O–H groups in total. The standard InChI is InChI=1S/C21H30N2O2/c1-2-3-14-22-15-8-6-4-5-7-9-20-10-12-21(13-11-20)23(16-18-24)17-19-25/h2,4,6-13,15,22,24-25H,1,3,5,14,16-19H2/p+1/b6-4-,9-7+,15-8-. The van der Waals surface area contributed by atoms with Crippen molar-refractivity contribution in [3.8, 4) is 0 Å². The van der Waals surface area contributed by atoms with E-state index in [4.69, 9.17) is 10.2 Å². The molecular weight excluding hydrogens is 312 g/mol. The zero-order chi connectivity index (χ0) is 18.2. The first-order valence-electron chi connectivity index (χ1n) is 8.81. The van der Waals surface area contributed by atoms with Gasteiger partial charge in [0.15, 0.2) is 0 Å². The molecule has 0 aliphatic heterocycles. The molecule has 0 aromatic heterocycles. The molecule has 4 heteroatoms. The van der Waals surface area contributed by atoms with E-state index < -0.39 is 0 Å². The van der Waals surface area contributed by atoms with Crippen LogP contribution in [0.2, 0.25) is 0 Å². The first-order valence-corrected chi connectivity index (χ1v) is 8.81. The Hall–Kier alpha value is -2.14. The SMILES string of the molecule is C=CCC[NH2+]/C=C\C=C/C/C=C/c1ccc(N(CCO)CCO)cc1. The molecule has 0 radical (unpaired) electrons.